The quantitative estimate of drug-likeness (QED) is 0.389. The molecule has 138 valence electrons. The van der Waals surface area contributed by atoms with E-state index in [1.807, 2.05) is 20.8 Å². The van der Waals surface area contributed by atoms with Gasteiger partial charge in [0.2, 0.25) is 5.91 Å². The molecule has 1 saturated carbocycles. The van der Waals surface area contributed by atoms with Crippen LogP contribution in [-0.4, -0.2) is 61.1 Å². The monoisotopic (exact) mass is 337 g/mol. The Morgan fingerprint density at radius 3 is 2.54 bits per heavy atom. The molecule has 1 aliphatic carbocycles. The highest BCUT2D eigenvalue weighted by atomic mass is 16.2. The fourth-order valence-electron chi connectivity index (χ4n) is 3.19. The second kappa shape index (κ2) is 8.19. The molecule has 0 aromatic rings. The predicted octanol–water partition coefficient (Wildman–Crippen LogP) is 1.33. The van der Waals surface area contributed by atoms with Crippen molar-refractivity contribution in [1.82, 2.24) is 20.9 Å². The summed E-state index contributed by atoms with van der Waals surface area (Å²) >= 11 is 0. The van der Waals surface area contributed by atoms with E-state index in [-0.39, 0.29) is 11.3 Å². The summed E-state index contributed by atoms with van der Waals surface area (Å²) < 4.78 is 0. The van der Waals surface area contributed by atoms with Gasteiger partial charge in [-0.25, -0.2) is 0 Å². The molecule has 1 amide bonds. The smallest absolute Gasteiger partial charge is 0.225 e. The van der Waals surface area contributed by atoms with Gasteiger partial charge in [0.15, 0.2) is 5.96 Å². The standard InChI is InChI=1S/C18H35N5O/c1-6-19-17(21-10-9-20-16(24)18(3,4)5)22-14-11-13(2)23(12-14)15-7-8-15/h13-15H,6-12H2,1-5H3,(H,20,24)(H2,19,21,22). The molecule has 1 saturated heterocycles. The molecule has 1 aliphatic heterocycles. The van der Waals surface area contributed by atoms with E-state index < -0.39 is 0 Å². The molecule has 6 heteroatoms. The topological polar surface area (TPSA) is 68.8 Å². The van der Waals surface area contributed by atoms with Crippen molar-refractivity contribution in [3.63, 3.8) is 0 Å². The fourth-order valence-corrected chi connectivity index (χ4v) is 3.19. The lowest BCUT2D eigenvalue weighted by molar-refractivity contribution is -0.128. The Bertz CT molecular complexity index is 453. The maximum absolute atomic E-state index is 11.9. The minimum atomic E-state index is -0.348. The average Bonchev–Trinajstić information content (AvgIpc) is 3.26. The number of carbonyl (C=O) groups excluding carboxylic acids is 1. The molecule has 0 radical (unpaired) electrons. The van der Waals surface area contributed by atoms with Crippen LogP contribution in [-0.2, 0) is 4.79 Å². The lowest BCUT2D eigenvalue weighted by Gasteiger charge is -2.20. The number of hydrogen-bond donors (Lipinski definition) is 3. The van der Waals surface area contributed by atoms with Crippen molar-refractivity contribution in [2.24, 2.45) is 10.4 Å². The lowest BCUT2D eigenvalue weighted by atomic mass is 9.96. The van der Waals surface area contributed by atoms with Crippen molar-refractivity contribution >= 4 is 11.9 Å². The van der Waals surface area contributed by atoms with Crippen molar-refractivity contribution in [3.8, 4) is 0 Å². The van der Waals surface area contributed by atoms with Crippen molar-refractivity contribution in [3.05, 3.63) is 0 Å². The number of aliphatic imine (C=N–C) groups is 1. The molecular weight excluding hydrogens is 302 g/mol. The molecule has 0 bridgehead atoms. The summed E-state index contributed by atoms with van der Waals surface area (Å²) in [7, 11) is 0. The van der Waals surface area contributed by atoms with Crippen LogP contribution in [0.1, 0.15) is 53.9 Å². The molecule has 6 nitrogen and oxygen atoms in total. The van der Waals surface area contributed by atoms with Crippen molar-refractivity contribution in [2.45, 2.75) is 72.0 Å². The molecule has 2 atom stereocenters. The summed E-state index contributed by atoms with van der Waals surface area (Å²) in [4.78, 5) is 19.1. The van der Waals surface area contributed by atoms with Gasteiger partial charge in [-0.1, -0.05) is 20.8 Å². The van der Waals surface area contributed by atoms with E-state index in [0.29, 0.717) is 25.2 Å². The van der Waals surface area contributed by atoms with Crippen molar-refractivity contribution < 1.29 is 4.79 Å². The van der Waals surface area contributed by atoms with E-state index in [1.54, 1.807) is 0 Å². The molecule has 2 aliphatic rings. The van der Waals surface area contributed by atoms with Gasteiger partial charge in [-0.05, 0) is 33.1 Å². The van der Waals surface area contributed by atoms with Gasteiger partial charge in [-0.15, -0.1) is 0 Å². The second-order valence-electron chi connectivity index (χ2n) is 8.12. The lowest BCUT2D eigenvalue weighted by Crippen LogP contribution is -2.45. The first kappa shape index (κ1) is 19.0. The van der Waals surface area contributed by atoms with Crippen molar-refractivity contribution in [2.75, 3.05) is 26.2 Å². The van der Waals surface area contributed by atoms with Crippen LogP contribution < -0.4 is 16.0 Å². The van der Waals surface area contributed by atoms with E-state index in [1.165, 1.54) is 19.3 Å². The molecular formula is C18H35N5O. The molecule has 2 rings (SSSR count). The summed E-state index contributed by atoms with van der Waals surface area (Å²) in [5.41, 5.74) is -0.348. The van der Waals surface area contributed by atoms with Crippen LogP contribution in [0.2, 0.25) is 0 Å². The molecule has 24 heavy (non-hydrogen) atoms. The third-order valence-corrected chi connectivity index (χ3v) is 4.67. The second-order valence-corrected chi connectivity index (χ2v) is 8.12. The Kier molecular flexibility index (Phi) is 6.49. The molecule has 2 fully saturated rings. The van der Waals surface area contributed by atoms with Gasteiger partial charge < -0.3 is 16.0 Å². The van der Waals surface area contributed by atoms with E-state index >= 15 is 0 Å². The van der Waals surface area contributed by atoms with E-state index in [4.69, 9.17) is 0 Å². The number of carbonyl (C=O) groups is 1. The number of amides is 1. The molecule has 1 heterocycles. The molecule has 0 aromatic heterocycles. The van der Waals surface area contributed by atoms with Crippen molar-refractivity contribution in [1.29, 1.82) is 0 Å². The van der Waals surface area contributed by atoms with Gasteiger partial charge in [-0.2, -0.15) is 0 Å². The highest BCUT2D eigenvalue weighted by molar-refractivity contribution is 5.81. The zero-order valence-electron chi connectivity index (χ0n) is 16.0. The maximum Gasteiger partial charge on any atom is 0.225 e. The summed E-state index contributed by atoms with van der Waals surface area (Å²) in [6.07, 6.45) is 3.89. The van der Waals surface area contributed by atoms with Crippen LogP contribution in [0.15, 0.2) is 4.99 Å². The van der Waals surface area contributed by atoms with Gasteiger partial charge in [-0.3, -0.25) is 14.7 Å². The first-order valence-corrected chi connectivity index (χ1v) is 9.40. The molecule has 0 spiro atoms. The SMILES string of the molecule is CCNC(=NCCNC(=O)C(C)(C)C)NC1CC(C)N(C2CC2)C1. The van der Waals surface area contributed by atoms with Crippen LogP contribution in [0.3, 0.4) is 0 Å². The zero-order chi connectivity index (χ0) is 17.7. The number of hydrogen-bond acceptors (Lipinski definition) is 3. The van der Waals surface area contributed by atoms with Gasteiger partial charge in [0.1, 0.15) is 0 Å². The Balaban J connectivity index is 1.77. The third-order valence-electron chi connectivity index (χ3n) is 4.67. The number of rotatable bonds is 6. The highest BCUT2D eigenvalue weighted by Crippen LogP contribution is 2.33. The minimum Gasteiger partial charge on any atom is -0.357 e. The van der Waals surface area contributed by atoms with Crippen LogP contribution >= 0.6 is 0 Å². The summed E-state index contributed by atoms with van der Waals surface area (Å²) in [5, 5.41) is 9.81. The minimum absolute atomic E-state index is 0.0698. The number of guanidine groups is 1. The number of nitrogens with one attached hydrogen (secondary N) is 3. The van der Waals surface area contributed by atoms with E-state index in [2.05, 4.69) is 39.7 Å². The fraction of sp³-hybridized carbons (Fsp3) is 0.889. The molecule has 0 aromatic carbocycles. The summed E-state index contributed by atoms with van der Waals surface area (Å²) in [6.45, 7) is 13.3. The average molecular weight is 338 g/mol. The summed E-state index contributed by atoms with van der Waals surface area (Å²) in [6, 6.07) is 1.94. The molecule has 3 N–H and O–H groups in total. The normalized spacial score (nSPS) is 25.6. The Hall–Kier alpha value is -1.30. The van der Waals surface area contributed by atoms with Crippen LogP contribution in [0.4, 0.5) is 0 Å². The summed E-state index contributed by atoms with van der Waals surface area (Å²) in [5.74, 6) is 0.928. The van der Waals surface area contributed by atoms with Gasteiger partial charge >= 0.3 is 0 Å². The third kappa shape index (κ3) is 5.65. The number of nitrogens with zero attached hydrogens (tertiary/aromatic N) is 2. The van der Waals surface area contributed by atoms with Gasteiger partial charge in [0, 0.05) is 43.2 Å². The first-order valence-electron chi connectivity index (χ1n) is 9.40. The first-order chi connectivity index (χ1) is 11.3. The van der Waals surface area contributed by atoms with Gasteiger partial charge in [0.05, 0.1) is 6.54 Å². The zero-order valence-corrected chi connectivity index (χ0v) is 16.0. The Morgan fingerprint density at radius 1 is 1.25 bits per heavy atom. The van der Waals surface area contributed by atoms with E-state index in [0.717, 1.165) is 25.1 Å². The van der Waals surface area contributed by atoms with E-state index in [9.17, 15) is 4.79 Å². The Labute approximate surface area is 146 Å². The van der Waals surface area contributed by atoms with Crippen LogP contribution in [0.25, 0.3) is 0 Å². The molecule has 2 unspecified atom stereocenters. The Morgan fingerprint density at radius 2 is 1.96 bits per heavy atom. The number of likely N-dealkylation sites (tertiary alicyclic amines) is 1. The van der Waals surface area contributed by atoms with Gasteiger partial charge in [0.25, 0.3) is 0 Å². The van der Waals surface area contributed by atoms with Crippen LogP contribution in [0, 0.1) is 5.41 Å². The largest absolute Gasteiger partial charge is 0.357 e. The highest BCUT2D eigenvalue weighted by Gasteiger charge is 2.38. The maximum atomic E-state index is 11.9. The van der Waals surface area contributed by atoms with Crippen LogP contribution in [0.5, 0.6) is 0 Å². The predicted molar refractivity (Wildman–Crippen MR) is 99.2 cm³/mol.